The van der Waals surface area contributed by atoms with Crippen LogP contribution in [0.1, 0.15) is 44.1 Å². The van der Waals surface area contributed by atoms with Crippen LogP contribution in [0.5, 0.6) is 0 Å². The number of aromatic nitrogens is 2. The van der Waals surface area contributed by atoms with Crippen LogP contribution in [0.3, 0.4) is 0 Å². The van der Waals surface area contributed by atoms with Gasteiger partial charge in [0.2, 0.25) is 0 Å². The van der Waals surface area contributed by atoms with Crippen LogP contribution in [-0.4, -0.2) is 84.0 Å². The molecule has 0 unspecified atom stereocenters. The summed E-state index contributed by atoms with van der Waals surface area (Å²) in [4.78, 5) is 38.0. The molecule has 1 aromatic rings. The monoisotopic (exact) mass is 477 g/mol. The van der Waals surface area contributed by atoms with E-state index >= 15 is 0 Å². The average Bonchev–Trinajstić information content (AvgIpc) is 3.24. The maximum atomic E-state index is 12.4. The minimum atomic E-state index is -5.01. The second-order valence-electron chi connectivity index (χ2n) is 7.03. The number of aliphatic carboxylic acids is 1. The highest BCUT2D eigenvalue weighted by Crippen LogP contribution is 2.44. The summed E-state index contributed by atoms with van der Waals surface area (Å²) in [5.41, 5.74) is 0.212. The Hall–Kier alpha value is -2.75. The van der Waals surface area contributed by atoms with E-state index in [9.17, 15) is 27.9 Å². The molecule has 0 saturated carbocycles. The summed E-state index contributed by atoms with van der Waals surface area (Å²) in [6, 6.07) is -3.41. The van der Waals surface area contributed by atoms with E-state index in [2.05, 4.69) is 34.9 Å². The number of carbonyl (C=O) groups excluding carboxylic acids is 3. The molecule has 0 spiro atoms. The van der Waals surface area contributed by atoms with Crippen LogP contribution in [0.2, 0.25) is 0 Å². The molecule has 3 rings (SSSR count). The first kappa shape index (κ1) is 25.5. The van der Waals surface area contributed by atoms with Crippen molar-refractivity contribution in [1.82, 2.24) is 19.7 Å². The Morgan fingerprint density at radius 1 is 1.28 bits per heavy atom. The first-order valence-corrected chi connectivity index (χ1v) is 11.3. The van der Waals surface area contributed by atoms with E-state index in [0.717, 1.165) is 16.7 Å². The molecule has 3 heterocycles. The number of rotatable bonds is 8. The predicted octanol–water partition coefficient (Wildman–Crippen LogP) is -2.70. The van der Waals surface area contributed by atoms with Crippen LogP contribution in [0.25, 0.3) is 0 Å². The molecule has 14 nitrogen and oxygen atoms in total. The molecular weight excluding hydrogens is 450 g/mol. The van der Waals surface area contributed by atoms with Crippen molar-refractivity contribution in [2.24, 2.45) is 0 Å². The lowest BCUT2D eigenvalue weighted by Gasteiger charge is -2.29. The number of urea groups is 1. The summed E-state index contributed by atoms with van der Waals surface area (Å²) >= 11 is 0. The SMILES string of the molecule is CC[NH+](CC)CC.COC(=O)[C@@H]1c2c(cnn2CC(=O)[O-])[C@H]2CN1C(=O)N2OS(=O)(=O)O. The number of nitrogens with one attached hydrogen (secondary N) is 1. The Balaban J connectivity index is 0.000000451. The molecule has 2 N–H and O–H groups in total. The van der Waals surface area contributed by atoms with Crippen molar-refractivity contribution in [2.45, 2.75) is 39.4 Å². The molecular formula is C17H27N5O9S. The van der Waals surface area contributed by atoms with Crippen LogP contribution in [0.15, 0.2) is 6.20 Å². The van der Waals surface area contributed by atoms with Crippen molar-refractivity contribution in [3.8, 4) is 0 Å². The van der Waals surface area contributed by atoms with Gasteiger partial charge in [-0.3, -0.25) is 9.23 Å². The van der Waals surface area contributed by atoms with Gasteiger partial charge in [-0.25, -0.2) is 9.59 Å². The Bertz CT molecular complexity index is 954. The van der Waals surface area contributed by atoms with E-state index in [4.69, 9.17) is 4.55 Å². The molecule has 2 atom stereocenters. The third-order valence-corrected chi connectivity index (χ3v) is 5.65. The van der Waals surface area contributed by atoms with Crippen molar-refractivity contribution < 1.29 is 46.4 Å². The largest absolute Gasteiger partial charge is 0.548 e. The van der Waals surface area contributed by atoms with Gasteiger partial charge in [-0.2, -0.15) is 18.6 Å². The summed E-state index contributed by atoms with van der Waals surface area (Å²) in [6.07, 6.45) is 1.18. The zero-order valence-electron chi connectivity index (χ0n) is 18.2. The molecule has 15 heteroatoms. The second kappa shape index (κ2) is 10.2. The summed E-state index contributed by atoms with van der Waals surface area (Å²) in [5.74, 6) is -2.37. The van der Waals surface area contributed by atoms with Crippen LogP contribution >= 0.6 is 0 Å². The standard InChI is InChI=1S/C11H12N4O9S.C6H15N/c1-23-10(18)9-8-5(2-12-14(8)4-7(16)17)6-3-13(9)11(19)15(6)24-25(20,21)22;1-4-7(5-2)6-3/h2,6,9H,3-4H2,1H3,(H,16,17)(H,20,21,22);4-6H2,1-3H3/t6-,9+;/m1./s1. The Morgan fingerprint density at radius 3 is 2.31 bits per heavy atom. The van der Waals surface area contributed by atoms with Gasteiger partial charge in [0.25, 0.3) is 0 Å². The van der Waals surface area contributed by atoms with E-state index < -0.39 is 47.0 Å². The number of fused-ring (bicyclic) bond motifs is 4. The smallest absolute Gasteiger partial charge is 0.418 e. The van der Waals surface area contributed by atoms with Crippen molar-refractivity contribution >= 4 is 28.4 Å². The lowest BCUT2D eigenvalue weighted by atomic mass is 9.98. The molecule has 2 aliphatic rings. The Kier molecular flexibility index (Phi) is 8.17. The fraction of sp³-hybridized carbons (Fsp3) is 0.647. The molecule has 180 valence electrons. The molecule has 2 bridgehead atoms. The van der Waals surface area contributed by atoms with Crippen LogP contribution in [-0.2, 0) is 35.6 Å². The van der Waals surface area contributed by atoms with Gasteiger partial charge < -0.3 is 24.4 Å². The molecule has 1 fully saturated rings. The van der Waals surface area contributed by atoms with E-state index in [0.29, 0.717) is 5.06 Å². The maximum Gasteiger partial charge on any atom is 0.418 e. The molecule has 2 amide bonds. The number of amides is 2. The van der Waals surface area contributed by atoms with E-state index in [1.54, 1.807) is 4.90 Å². The molecule has 0 radical (unpaired) electrons. The third kappa shape index (κ3) is 5.35. The topological polar surface area (TPSA) is 176 Å². The van der Waals surface area contributed by atoms with Gasteiger partial charge >= 0.3 is 22.4 Å². The van der Waals surface area contributed by atoms with Crippen LogP contribution < -0.4 is 10.0 Å². The van der Waals surface area contributed by atoms with Gasteiger partial charge in [-0.15, -0.1) is 4.28 Å². The molecule has 0 aliphatic carbocycles. The van der Waals surface area contributed by atoms with Gasteiger partial charge in [-0.05, 0) is 20.8 Å². The van der Waals surface area contributed by atoms with Gasteiger partial charge in [0.1, 0.15) is 6.04 Å². The van der Waals surface area contributed by atoms with E-state index in [1.807, 2.05) is 0 Å². The number of ether oxygens (including phenoxy) is 1. The molecule has 1 aromatic heterocycles. The predicted molar refractivity (Wildman–Crippen MR) is 104 cm³/mol. The minimum Gasteiger partial charge on any atom is -0.548 e. The number of hydrogen-bond acceptors (Lipinski definition) is 9. The Morgan fingerprint density at radius 2 is 1.88 bits per heavy atom. The summed E-state index contributed by atoms with van der Waals surface area (Å²) in [7, 11) is -3.94. The normalized spacial score (nSPS) is 19.5. The van der Waals surface area contributed by atoms with Gasteiger partial charge in [0.15, 0.2) is 6.04 Å². The van der Waals surface area contributed by atoms with Crippen molar-refractivity contribution in [1.29, 1.82) is 0 Å². The van der Waals surface area contributed by atoms with Crippen molar-refractivity contribution in [3.05, 3.63) is 17.5 Å². The van der Waals surface area contributed by atoms with Gasteiger partial charge in [0, 0.05) is 5.56 Å². The summed E-state index contributed by atoms with van der Waals surface area (Å²) < 4.78 is 40.7. The highest BCUT2D eigenvalue weighted by Gasteiger charge is 2.54. The second-order valence-corrected chi connectivity index (χ2v) is 8.03. The number of hydrogen-bond donors (Lipinski definition) is 2. The van der Waals surface area contributed by atoms with Crippen LogP contribution in [0, 0.1) is 0 Å². The lowest BCUT2D eigenvalue weighted by Crippen LogP contribution is -3.11. The number of hydroxylamine groups is 2. The summed E-state index contributed by atoms with van der Waals surface area (Å²) in [6.45, 7) is 9.63. The average molecular weight is 477 g/mol. The van der Waals surface area contributed by atoms with Crippen molar-refractivity contribution in [2.75, 3.05) is 33.3 Å². The fourth-order valence-electron chi connectivity index (χ4n) is 3.69. The van der Waals surface area contributed by atoms with E-state index in [-0.39, 0.29) is 17.8 Å². The first-order valence-electron chi connectivity index (χ1n) is 9.92. The van der Waals surface area contributed by atoms with Crippen molar-refractivity contribution in [3.63, 3.8) is 0 Å². The number of quaternary nitrogens is 1. The third-order valence-electron chi connectivity index (χ3n) is 5.30. The van der Waals surface area contributed by atoms with Gasteiger partial charge in [-0.1, -0.05) is 0 Å². The summed E-state index contributed by atoms with van der Waals surface area (Å²) in [5, 5.41) is 15.1. The maximum absolute atomic E-state index is 12.4. The number of esters is 1. The number of methoxy groups -OCH3 is 1. The Labute approximate surface area is 185 Å². The molecule has 2 aliphatic heterocycles. The minimum absolute atomic E-state index is 0.0297. The molecule has 1 saturated heterocycles. The zero-order chi connectivity index (χ0) is 24.2. The number of carbonyl (C=O) groups is 3. The van der Waals surface area contributed by atoms with Crippen LogP contribution in [0.4, 0.5) is 4.79 Å². The molecule has 0 aromatic carbocycles. The fourth-order valence-corrected chi connectivity index (χ4v) is 4.06. The number of nitrogens with zero attached hydrogens (tertiary/aromatic N) is 4. The zero-order valence-corrected chi connectivity index (χ0v) is 19.0. The first-order chi connectivity index (χ1) is 15.0. The van der Waals surface area contributed by atoms with Gasteiger partial charge in [0.05, 0.1) is 57.7 Å². The highest BCUT2D eigenvalue weighted by molar-refractivity contribution is 7.80. The van der Waals surface area contributed by atoms with E-state index in [1.165, 1.54) is 25.8 Å². The quantitative estimate of drug-likeness (QED) is 0.296. The number of carboxylic acid groups (broad SMARTS) is 1. The highest BCUT2D eigenvalue weighted by atomic mass is 32.3. The number of carboxylic acids is 1. The lowest BCUT2D eigenvalue weighted by molar-refractivity contribution is -0.894. The molecule has 32 heavy (non-hydrogen) atoms.